The van der Waals surface area contributed by atoms with Gasteiger partial charge < -0.3 is 4.74 Å². The molecule has 0 saturated carbocycles. The van der Waals surface area contributed by atoms with Crippen LogP contribution in [0.15, 0.2) is 41.8 Å². The van der Waals surface area contributed by atoms with Gasteiger partial charge >= 0.3 is 0 Å². The summed E-state index contributed by atoms with van der Waals surface area (Å²) in [5, 5.41) is 14.3. The van der Waals surface area contributed by atoms with E-state index in [1.807, 2.05) is 31.4 Å². The molecule has 0 spiro atoms. The van der Waals surface area contributed by atoms with Gasteiger partial charge in [-0.25, -0.2) is 0 Å². The van der Waals surface area contributed by atoms with Gasteiger partial charge in [0.15, 0.2) is 0 Å². The summed E-state index contributed by atoms with van der Waals surface area (Å²) in [4.78, 5) is 13.4. The Bertz CT molecular complexity index is 796. The Morgan fingerprint density at radius 1 is 1.21 bits per heavy atom. The molecule has 7 heteroatoms. The molecule has 0 fully saturated rings. The molecule has 0 bridgehead atoms. The van der Waals surface area contributed by atoms with Gasteiger partial charge in [0.2, 0.25) is 5.13 Å². The summed E-state index contributed by atoms with van der Waals surface area (Å²) in [6.07, 6.45) is 0. The van der Waals surface area contributed by atoms with Crippen molar-refractivity contribution >= 4 is 33.7 Å². The second kappa shape index (κ2) is 7.55. The van der Waals surface area contributed by atoms with Gasteiger partial charge in [0.05, 0.1) is 0 Å². The second-order valence-electron chi connectivity index (χ2n) is 5.45. The van der Waals surface area contributed by atoms with Crippen LogP contribution < -0.4 is 10.1 Å². The topological polar surface area (TPSA) is 64.1 Å². The average molecular weight is 359 g/mol. The van der Waals surface area contributed by atoms with Crippen LogP contribution in [-0.2, 0) is 6.61 Å². The van der Waals surface area contributed by atoms with Crippen molar-refractivity contribution in [1.29, 1.82) is 0 Å². The lowest BCUT2D eigenvalue weighted by atomic mass is 10.2. The van der Waals surface area contributed by atoms with Crippen molar-refractivity contribution in [3.63, 3.8) is 0 Å². The third-order valence-corrected chi connectivity index (χ3v) is 5.22. The van der Waals surface area contributed by atoms with Crippen LogP contribution in [-0.4, -0.2) is 16.1 Å². The van der Waals surface area contributed by atoms with Crippen molar-refractivity contribution < 1.29 is 9.53 Å². The first-order valence-corrected chi connectivity index (χ1v) is 9.21. The highest BCUT2D eigenvalue weighted by atomic mass is 32.1. The van der Waals surface area contributed by atoms with E-state index >= 15 is 0 Å². The minimum absolute atomic E-state index is 0.203. The van der Waals surface area contributed by atoms with Crippen molar-refractivity contribution in [3.8, 4) is 5.75 Å². The Kier molecular flexibility index (Phi) is 5.22. The fraction of sp³-hybridized carbons (Fsp3) is 0.235. The SMILES string of the molecule is CC(C)c1nnc(NC(=O)c2ccc(OCc3cccs3)cc2)s1. The second-order valence-corrected chi connectivity index (χ2v) is 7.49. The summed E-state index contributed by atoms with van der Waals surface area (Å²) < 4.78 is 5.69. The molecule has 0 unspecified atom stereocenters. The quantitative estimate of drug-likeness (QED) is 0.701. The van der Waals surface area contributed by atoms with Gasteiger partial charge in [-0.1, -0.05) is 31.3 Å². The van der Waals surface area contributed by atoms with E-state index in [1.54, 1.807) is 35.6 Å². The lowest BCUT2D eigenvalue weighted by Gasteiger charge is -2.06. The fourth-order valence-electron chi connectivity index (χ4n) is 1.94. The van der Waals surface area contributed by atoms with Crippen molar-refractivity contribution in [1.82, 2.24) is 10.2 Å². The maximum absolute atomic E-state index is 12.2. The lowest BCUT2D eigenvalue weighted by molar-refractivity contribution is 0.102. The standard InChI is InChI=1S/C17H17N3O2S2/c1-11(2)16-19-20-17(24-16)18-15(21)12-5-7-13(8-6-12)22-10-14-4-3-9-23-14/h3-9,11H,10H2,1-2H3,(H,18,20,21). The third-order valence-electron chi connectivity index (χ3n) is 3.23. The van der Waals surface area contributed by atoms with Gasteiger partial charge in [0, 0.05) is 16.4 Å². The van der Waals surface area contributed by atoms with E-state index in [-0.39, 0.29) is 5.91 Å². The number of nitrogens with zero attached hydrogens (tertiary/aromatic N) is 2. The number of carbonyl (C=O) groups excluding carboxylic acids is 1. The molecule has 5 nitrogen and oxygen atoms in total. The number of nitrogens with one attached hydrogen (secondary N) is 1. The Labute approximate surface area is 148 Å². The zero-order valence-electron chi connectivity index (χ0n) is 13.4. The molecule has 1 N–H and O–H groups in total. The number of ether oxygens (including phenoxy) is 1. The minimum atomic E-state index is -0.203. The first kappa shape index (κ1) is 16.6. The van der Waals surface area contributed by atoms with Crippen LogP contribution >= 0.6 is 22.7 Å². The summed E-state index contributed by atoms with van der Waals surface area (Å²) in [5.74, 6) is 0.831. The van der Waals surface area contributed by atoms with E-state index in [9.17, 15) is 4.79 Å². The molecule has 0 saturated heterocycles. The van der Waals surface area contributed by atoms with E-state index in [0.717, 1.165) is 15.6 Å². The number of anilines is 1. The predicted octanol–water partition coefficient (Wildman–Crippen LogP) is 4.55. The maximum Gasteiger partial charge on any atom is 0.257 e. The molecule has 1 amide bonds. The number of hydrogen-bond donors (Lipinski definition) is 1. The minimum Gasteiger partial charge on any atom is -0.488 e. The van der Waals surface area contributed by atoms with Gasteiger partial charge in [0.25, 0.3) is 5.91 Å². The number of aromatic nitrogens is 2. The summed E-state index contributed by atoms with van der Waals surface area (Å²) in [6, 6.07) is 11.1. The van der Waals surface area contributed by atoms with Crippen LogP contribution in [0.1, 0.15) is 40.0 Å². The zero-order valence-corrected chi connectivity index (χ0v) is 15.0. The van der Waals surface area contributed by atoms with Gasteiger partial charge in [-0.3, -0.25) is 10.1 Å². The summed E-state index contributed by atoms with van der Waals surface area (Å²) in [6.45, 7) is 4.62. The van der Waals surface area contributed by atoms with Gasteiger partial charge in [-0.15, -0.1) is 21.5 Å². The molecule has 0 atom stereocenters. The highest BCUT2D eigenvalue weighted by Crippen LogP contribution is 2.23. The number of carbonyl (C=O) groups is 1. The van der Waals surface area contributed by atoms with Crippen LogP contribution in [0.5, 0.6) is 5.75 Å². The molecule has 2 aromatic heterocycles. The van der Waals surface area contributed by atoms with Crippen molar-refractivity contribution in [2.45, 2.75) is 26.4 Å². The van der Waals surface area contributed by atoms with E-state index in [0.29, 0.717) is 23.2 Å². The van der Waals surface area contributed by atoms with Crippen LogP contribution in [0.25, 0.3) is 0 Å². The number of amides is 1. The van der Waals surface area contributed by atoms with E-state index < -0.39 is 0 Å². The normalized spacial score (nSPS) is 10.8. The number of benzene rings is 1. The molecule has 0 aliphatic carbocycles. The van der Waals surface area contributed by atoms with Crippen LogP contribution in [0.3, 0.4) is 0 Å². The molecule has 1 aromatic carbocycles. The van der Waals surface area contributed by atoms with Crippen LogP contribution in [0.2, 0.25) is 0 Å². The van der Waals surface area contributed by atoms with Crippen molar-refractivity contribution in [3.05, 3.63) is 57.2 Å². The number of thiophene rings is 1. The molecule has 3 aromatic rings. The molecule has 3 rings (SSSR count). The van der Waals surface area contributed by atoms with Crippen molar-refractivity contribution in [2.75, 3.05) is 5.32 Å². The maximum atomic E-state index is 12.2. The summed E-state index contributed by atoms with van der Waals surface area (Å²) in [7, 11) is 0. The Morgan fingerprint density at radius 3 is 2.62 bits per heavy atom. The molecule has 0 aliphatic rings. The molecule has 124 valence electrons. The van der Waals surface area contributed by atoms with E-state index in [4.69, 9.17) is 4.74 Å². The van der Waals surface area contributed by atoms with E-state index in [2.05, 4.69) is 15.5 Å². The predicted molar refractivity (Wildman–Crippen MR) is 97.0 cm³/mol. The first-order chi connectivity index (χ1) is 11.6. The monoisotopic (exact) mass is 359 g/mol. The molecular weight excluding hydrogens is 342 g/mol. The zero-order chi connectivity index (χ0) is 16.9. The summed E-state index contributed by atoms with van der Waals surface area (Å²) in [5.41, 5.74) is 0.555. The molecule has 0 aliphatic heterocycles. The molecule has 0 radical (unpaired) electrons. The highest BCUT2D eigenvalue weighted by Gasteiger charge is 2.12. The average Bonchev–Trinajstić information content (AvgIpc) is 3.25. The summed E-state index contributed by atoms with van der Waals surface area (Å²) >= 11 is 3.05. The first-order valence-electron chi connectivity index (χ1n) is 7.52. The lowest BCUT2D eigenvalue weighted by Crippen LogP contribution is -2.11. The number of rotatable bonds is 6. The van der Waals surface area contributed by atoms with Crippen molar-refractivity contribution in [2.24, 2.45) is 0 Å². The molecule has 2 heterocycles. The highest BCUT2D eigenvalue weighted by molar-refractivity contribution is 7.15. The smallest absolute Gasteiger partial charge is 0.257 e. The van der Waals surface area contributed by atoms with Crippen LogP contribution in [0.4, 0.5) is 5.13 Å². The van der Waals surface area contributed by atoms with Gasteiger partial charge in [-0.05, 0) is 35.7 Å². The van der Waals surface area contributed by atoms with Gasteiger partial charge in [-0.2, -0.15) is 0 Å². The number of hydrogen-bond acceptors (Lipinski definition) is 6. The van der Waals surface area contributed by atoms with Crippen LogP contribution in [0, 0.1) is 0 Å². The third kappa shape index (κ3) is 4.18. The Morgan fingerprint density at radius 2 is 2.00 bits per heavy atom. The largest absolute Gasteiger partial charge is 0.488 e. The Hall–Kier alpha value is -2.25. The van der Waals surface area contributed by atoms with Gasteiger partial charge in [0.1, 0.15) is 17.4 Å². The van der Waals surface area contributed by atoms with E-state index in [1.165, 1.54) is 11.3 Å². The molecule has 24 heavy (non-hydrogen) atoms. The Balaban J connectivity index is 1.58. The molecular formula is C17H17N3O2S2. The fourth-order valence-corrected chi connectivity index (χ4v) is 3.30.